The zero-order chi connectivity index (χ0) is 15.4. The summed E-state index contributed by atoms with van der Waals surface area (Å²) in [6, 6.07) is -0.340. The molecule has 1 rings (SSSR count). The van der Waals surface area contributed by atoms with E-state index in [0.29, 0.717) is 19.4 Å². The van der Waals surface area contributed by atoms with Crippen molar-refractivity contribution in [1.29, 1.82) is 0 Å². The van der Waals surface area contributed by atoms with E-state index in [-0.39, 0.29) is 35.8 Å². The number of carbonyl (C=O) groups is 1. The second kappa shape index (κ2) is 6.86. The minimum Gasteiger partial charge on any atom is -0.338 e. The molecule has 0 radical (unpaired) electrons. The first-order valence-corrected chi connectivity index (χ1v) is 10.2. The number of sulfone groups is 1. The lowest BCUT2D eigenvalue weighted by molar-refractivity contribution is -0.131. The summed E-state index contributed by atoms with van der Waals surface area (Å²) in [4.78, 5) is 13.5. The standard InChI is InChI=1S/C11H22N2O5S2/c1-3-6-20(17,18)12-8-11(14)13(4-2)10-5-7-19(15,16)9-10/h10,12H,3-9H2,1-2H3. The predicted molar refractivity (Wildman–Crippen MR) is 76.5 cm³/mol. The molecule has 1 heterocycles. The Hall–Kier alpha value is -0.670. The van der Waals surface area contributed by atoms with Gasteiger partial charge in [0.1, 0.15) is 0 Å². The maximum atomic E-state index is 12.0. The fraction of sp³-hybridized carbons (Fsp3) is 0.909. The summed E-state index contributed by atoms with van der Waals surface area (Å²) in [6.07, 6.45) is 0.894. The molecule has 0 saturated carbocycles. The molecule has 1 fully saturated rings. The van der Waals surface area contributed by atoms with Crippen LogP contribution >= 0.6 is 0 Å². The van der Waals surface area contributed by atoms with E-state index in [1.165, 1.54) is 4.90 Å². The van der Waals surface area contributed by atoms with E-state index in [4.69, 9.17) is 0 Å². The van der Waals surface area contributed by atoms with Crippen LogP contribution in [0.3, 0.4) is 0 Å². The molecule has 0 aromatic heterocycles. The third-order valence-corrected chi connectivity index (χ3v) is 6.51. The number of likely N-dealkylation sites (N-methyl/N-ethyl adjacent to an activating group) is 1. The lowest BCUT2D eigenvalue weighted by Crippen LogP contribution is -2.46. The Morgan fingerprint density at radius 2 is 2.00 bits per heavy atom. The second-order valence-electron chi connectivity index (χ2n) is 4.88. The minimum atomic E-state index is -3.43. The average Bonchev–Trinajstić information content (AvgIpc) is 2.68. The quantitative estimate of drug-likeness (QED) is 0.670. The van der Waals surface area contributed by atoms with Crippen LogP contribution in [0.1, 0.15) is 26.7 Å². The van der Waals surface area contributed by atoms with Crippen LogP contribution in [-0.2, 0) is 24.7 Å². The second-order valence-corrected chi connectivity index (χ2v) is 9.03. The maximum absolute atomic E-state index is 12.0. The van der Waals surface area contributed by atoms with Crippen molar-refractivity contribution < 1.29 is 21.6 Å². The van der Waals surface area contributed by atoms with Crippen molar-refractivity contribution in [2.45, 2.75) is 32.7 Å². The Kier molecular flexibility index (Phi) is 5.96. The SMILES string of the molecule is CCCS(=O)(=O)NCC(=O)N(CC)C1CCS(=O)(=O)C1. The Morgan fingerprint density at radius 3 is 2.45 bits per heavy atom. The predicted octanol–water partition coefficient (Wildman–Crippen LogP) is -0.649. The fourth-order valence-electron chi connectivity index (χ4n) is 2.27. The summed E-state index contributed by atoms with van der Waals surface area (Å²) < 4.78 is 48.1. The van der Waals surface area contributed by atoms with E-state index in [9.17, 15) is 21.6 Å². The molecule has 7 nitrogen and oxygen atoms in total. The Balaban J connectivity index is 2.61. The molecule has 1 aliphatic rings. The first-order valence-electron chi connectivity index (χ1n) is 6.68. The molecular weight excluding hydrogens is 304 g/mol. The van der Waals surface area contributed by atoms with E-state index in [2.05, 4.69) is 4.72 Å². The molecule has 20 heavy (non-hydrogen) atoms. The summed E-state index contributed by atoms with van der Waals surface area (Å²) >= 11 is 0. The number of hydrogen-bond donors (Lipinski definition) is 1. The van der Waals surface area contributed by atoms with Gasteiger partial charge in [-0.2, -0.15) is 0 Å². The highest BCUT2D eigenvalue weighted by Gasteiger charge is 2.33. The molecule has 1 N–H and O–H groups in total. The zero-order valence-corrected chi connectivity index (χ0v) is 13.5. The first kappa shape index (κ1) is 17.4. The lowest BCUT2D eigenvalue weighted by atomic mass is 10.2. The topological polar surface area (TPSA) is 101 Å². The van der Waals surface area contributed by atoms with Crippen molar-refractivity contribution in [2.75, 3.05) is 30.3 Å². The number of nitrogens with one attached hydrogen (secondary N) is 1. The molecule has 0 spiro atoms. The van der Waals surface area contributed by atoms with Crippen molar-refractivity contribution in [3.63, 3.8) is 0 Å². The molecule has 0 aromatic rings. The smallest absolute Gasteiger partial charge is 0.237 e. The molecule has 1 aliphatic heterocycles. The van der Waals surface area contributed by atoms with Crippen LogP contribution in [0, 0.1) is 0 Å². The van der Waals surface area contributed by atoms with Gasteiger partial charge < -0.3 is 4.90 Å². The number of amides is 1. The summed E-state index contributed by atoms with van der Waals surface area (Å²) in [7, 11) is -6.50. The van der Waals surface area contributed by atoms with Crippen LogP contribution in [0.4, 0.5) is 0 Å². The largest absolute Gasteiger partial charge is 0.338 e. The van der Waals surface area contributed by atoms with Gasteiger partial charge >= 0.3 is 0 Å². The average molecular weight is 326 g/mol. The van der Waals surface area contributed by atoms with Crippen LogP contribution in [0.5, 0.6) is 0 Å². The van der Waals surface area contributed by atoms with Crippen LogP contribution in [0.15, 0.2) is 0 Å². The van der Waals surface area contributed by atoms with E-state index in [1.807, 2.05) is 0 Å². The molecule has 9 heteroatoms. The van der Waals surface area contributed by atoms with Crippen LogP contribution in [0.2, 0.25) is 0 Å². The van der Waals surface area contributed by atoms with Crippen molar-refractivity contribution in [1.82, 2.24) is 9.62 Å². The van der Waals surface area contributed by atoms with E-state index < -0.39 is 19.9 Å². The van der Waals surface area contributed by atoms with Gasteiger partial charge in [0.05, 0.1) is 23.8 Å². The monoisotopic (exact) mass is 326 g/mol. The molecule has 1 saturated heterocycles. The zero-order valence-electron chi connectivity index (χ0n) is 11.8. The van der Waals surface area contributed by atoms with Crippen molar-refractivity contribution in [3.05, 3.63) is 0 Å². The minimum absolute atomic E-state index is 0.0236. The molecular formula is C11H22N2O5S2. The number of hydrogen-bond acceptors (Lipinski definition) is 5. The van der Waals surface area contributed by atoms with Crippen LogP contribution in [-0.4, -0.2) is 64.0 Å². The summed E-state index contributed by atoms with van der Waals surface area (Å²) in [5.74, 6) is -0.351. The van der Waals surface area contributed by atoms with Gasteiger partial charge in [-0.3, -0.25) is 4.79 Å². The highest BCUT2D eigenvalue weighted by atomic mass is 32.2. The number of carbonyl (C=O) groups excluding carboxylic acids is 1. The molecule has 1 atom stereocenters. The molecule has 0 aromatic carbocycles. The van der Waals surface area contributed by atoms with Crippen molar-refractivity contribution >= 4 is 25.8 Å². The molecule has 1 amide bonds. The molecule has 1 unspecified atom stereocenters. The van der Waals surface area contributed by atoms with Gasteiger partial charge in [0.2, 0.25) is 15.9 Å². The third kappa shape index (κ3) is 5.02. The van der Waals surface area contributed by atoms with Gasteiger partial charge in [-0.05, 0) is 19.8 Å². The summed E-state index contributed by atoms with van der Waals surface area (Å²) in [5.41, 5.74) is 0. The third-order valence-electron chi connectivity index (χ3n) is 3.23. The van der Waals surface area contributed by atoms with Crippen molar-refractivity contribution in [3.8, 4) is 0 Å². The lowest BCUT2D eigenvalue weighted by Gasteiger charge is -2.26. The first-order chi connectivity index (χ1) is 9.21. The fourth-order valence-corrected chi connectivity index (χ4v) is 5.03. The van der Waals surface area contributed by atoms with Gasteiger partial charge in [-0.15, -0.1) is 0 Å². The maximum Gasteiger partial charge on any atom is 0.237 e. The van der Waals surface area contributed by atoms with Gasteiger partial charge in [-0.25, -0.2) is 21.6 Å². The Bertz CT molecular complexity index is 541. The Labute approximate surface area is 120 Å². The number of rotatable bonds is 7. The highest BCUT2D eigenvalue weighted by Crippen LogP contribution is 2.17. The van der Waals surface area contributed by atoms with E-state index in [0.717, 1.165) is 0 Å². The van der Waals surface area contributed by atoms with Gasteiger partial charge in [-0.1, -0.05) is 6.92 Å². The summed E-state index contributed by atoms with van der Waals surface area (Å²) in [5, 5.41) is 0. The van der Waals surface area contributed by atoms with Crippen molar-refractivity contribution in [2.24, 2.45) is 0 Å². The molecule has 0 aliphatic carbocycles. The molecule has 118 valence electrons. The van der Waals surface area contributed by atoms with Gasteiger partial charge in [0, 0.05) is 12.6 Å². The van der Waals surface area contributed by atoms with Gasteiger partial charge in [0.15, 0.2) is 9.84 Å². The highest BCUT2D eigenvalue weighted by molar-refractivity contribution is 7.91. The molecule has 0 bridgehead atoms. The number of nitrogens with zero attached hydrogens (tertiary/aromatic N) is 1. The van der Waals surface area contributed by atoms with Crippen LogP contribution in [0.25, 0.3) is 0 Å². The summed E-state index contributed by atoms with van der Waals surface area (Å²) in [6.45, 7) is 3.55. The van der Waals surface area contributed by atoms with Gasteiger partial charge in [0.25, 0.3) is 0 Å². The van der Waals surface area contributed by atoms with E-state index in [1.54, 1.807) is 13.8 Å². The number of sulfonamides is 1. The Morgan fingerprint density at radius 1 is 1.35 bits per heavy atom. The van der Waals surface area contributed by atoms with E-state index >= 15 is 0 Å². The van der Waals surface area contributed by atoms with Crippen LogP contribution < -0.4 is 4.72 Å². The normalized spacial score (nSPS) is 21.8.